The molecular formula is C18H16N2O2S. The summed E-state index contributed by atoms with van der Waals surface area (Å²) in [7, 11) is -0.914. The topological polar surface area (TPSA) is 59.1 Å². The standard InChI is InChI=1S/C18H16N2O2S/c1-23(22)12-13-5-4-7-15(11-13)19-18(21)17-10-9-14-6-2-3-8-16(14)20-17/h2-11H,12H2,1H3,(H,19,21). The van der Waals surface area contributed by atoms with Crippen LogP contribution in [0.4, 0.5) is 5.69 Å². The Bertz CT molecular complexity index is 893. The van der Waals surface area contributed by atoms with Gasteiger partial charge in [0.2, 0.25) is 0 Å². The molecule has 0 spiro atoms. The molecule has 2 aromatic carbocycles. The molecule has 0 saturated heterocycles. The molecule has 0 aliphatic rings. The van der Waals surface area contributed by atoms with Crippen molar-refractivity contribution in [2.24, 2.45) is 0 Å². The van der Waals surface area contributed by atoms with E-state index in [4.69, 9.17) is 0 Å². The molecule has 0 radical (unpaired) electrons. The zero-order valence-corrected chi connectivity index (χ0v) is 13.5. The highest BCUT2D eigenvalue weighted by molar-refractivity contribution is 7.83. The van der Waals surface area contributed by atoms with Crippen LogP contribution in [-0.2, 0) is 16.6 Å². The van der Waals surface area contributed by atoms with Crippen LogP contribution in [0, 0.1) is 0 Å². The molecule has 1 aromatic heterocycles. The Balaban J connectivity index is 1.81. The van der Waals surface area contributed by atoms with E-state index in [1.54, 1.807) is 18.4 Å². The van der Waals surface area contributed by atoms with Crippen LogP contribution in [0.2, 0.25) is 0 Å². The minimum Gasteiger partial charge on any atom is -0.321 e. The Morgan fingerprint density at radius 1 is 1.09 bits per heavy atom. The second-order valence-electron chi connectivity index (χ2n) is 5.26. The Hall–Kier alpha value is -2.53. The lowest BCUT2D eigenvalue weighted by Crippen LogP contribution is -2.13. The number of carbonyl (C=O) groups excluding carboxylic acids is 1. The van der Waals surface area contributed by atoms with Gasteiger partial charge in [0.25, 0.3) is 5.91 Å². The summed E-state index contributed by atoms with van der Waals surface area (Å²) in [5, 5.41) is 3.83. The van der Waals surface area contributed by atoms with Crippen molar-refractivity contribution in [3.8, 4) is 0 Å². The summed E-state index contributed by atoms with van der Waals surface area (Å²) in [6.07, 6.45) is 1.66. The van der Waals surface area contributed by atoms with Gasteiger partial charge in [-0.25, -0.2) is 4.98 Å². The van der Waals surface area contributed by atoms with Gasteiger partial charge in [-0.05, 0) is 29.8 Å². The van der Waals surface area contributed by atoms with E-state index in [9.17, 15) is 9.00 Å². The molecule has 3 rings (SSSR count). The fourth-order valence-corrected chi connectivity index (χ4v) is 3.01. The zero-order chi connectivity index (χ0) is 16.2. The average Bonchev–Trinajstić information content (AvgIpc) is 2.54. The number of pyridine rings is 1. The highest BCUT2D eigenvalue weighted by atomic mass is 32.2. The second-order valence-corrected chi connectivity index (χ2v) is 6.70. The number of nitrogens with one attached hydrogen (secondary N) is 1. The molecule has 0 bridgehead atoms. The van der Waals surface area contributed by atoms with Crippen LogP contribution in [0.1, 0.15) is 16.1 Å². The van der Waals surface area contributed by atoms with Crippen LogP contribution < -0.4 is 5.32 Å². The summed E-state index contributed by atoms with van der Waals surface area (Å²) in [5.74, 6) is 0.211. The Kier molecular flexibility index (Phi) is 4.48. The van der Waals surface area contributed by atoms with Crippen molar-refractivity contribution in [2.45, 2.75) is 5.75 Å². The number of benzene rings is 2. The number of hydrogen-bond acceptors (Lipinski definition) is 3. The maximum atomic E-state index is 12.4. The van der Waals surface area contributed by atoms with Crippen molar-refractivity contribution in [3.63, 3.8) is 0 Å². The van der Waals surface area contributed by atoms with E-state index in [0.717, 1.165) is 16.5 Å². The maximum absolute atomic E-state index is 12.4. The molecule has 116 valence electrons. The first-order valence-corrected chi connectivity index (χ1v) is 8.91. The van der Waals surface area contributed by atoms with E-state index in [0.29, 0.717) is 17.1 Å². The fourth-order valence-electron chi connectivity index (χ4n) is 2.36. The van der Waals surface area contributed by atoms with Crippen LogP contribution in [-0.4, -0.2) is 21.4 Å². The van der Waals surface area contributed by atoms with Gasteiger partial charge >= 0.3 is 0 Å². The third-order valence-corrected chi connectivity index (χ3v) is 4.13. The Morgan fingerprint density at radius 3 is 2.74 bits per heavy atom. The lowest BCUT2D eigenvalue weighted by atomic mass is 10.2. The van der Waals surface area contributed by atoms with E-state index in [2.05, 4.69) is 10.3 Å². The van der Waals surface area contributed by atoms with Crippen LogP contribution in [0.15, 0.2) is 60.7 Å². The van der Waals surface area contributed by atoms with Crippen molar-refractivity contribution < 1.29 is 9.00 Å². The largest absolute Gasteiger partial charge is 0.321 e. The van der Waals surface area contributed by atoms with Gasteiger partial charge < -0.3 is 5.32 Å². The van der Waals surface area contributed by atoms with Crippen molar-refractivity contribution in [1.29, 1.82) is 0 Å². The van der Waals surface area contributed by atoms with Crippen LogP contribution in [0.5, 0.6) is 0 Å². The third-order valence-electron chi connectivity index (χ3n) is 3.39. The molecule has 1 heterocycles. The predicted molar refractivity (Wildman–Crippen MR) is 93.9 cm³/mol. The summed E-state index contributed by atoms with van der Waals surface area (Å²) in [6.45, 7) is 0. The summed E-state index contributed by atoms with van der Waals surface area (Å²) < 4.78 is 11.3. The summed E-state index contributed by atoms with van der Waals surface area (Å²) in [5.41, 5.74) is 2.76. The Labute approximate surface area is 137 Å². The van der Waals surface area contributed by atoms with E-state index < -0.39 is 10.8 Å². The van der Waals surface area contributed by atoms with Crippen molar-refractivity contribution in [2.75, 3.05) is 11.6 Å². The van der Waals surface area contributed by atoms with Gasteiger partial charge in [0.15, 0.2) is 0 Å². The van der Waals surface area contributed by atoms with E-state index in [-0.39, 0.29) is 5.91 Å². The summed E-state index contributed by atoms with van der Waals surface area (Å²) >= 11 is 0. The molecule has 0 aliphatic carbocycles. The maximum Gasteiger partial charge on any atom is 0.274 e. The quantitative estimate of drug-likeness (QED) is 0.800. The van der Waals surface area contributed by atoms with Gasteiger partial charge in [-0.15, -0.1) is 0 Å². The molecule has 1 amide bonds. The van der Waals surface area contributed by atoms with Gasteiger partial charge in [0.05, 0.1) is 5.52 Å². The average molecular weight is 324 g/mol. The van der Waals surface area contributed by atoms with Crippen LogP contribution >= 0.6 is 0 Å². The highest BCUT2D eigenvalue weighted by Crippen LogP contribution is 2.15. The Morgan fingerprint density at radius 2 is 1.91 bits per heavy atom. The third kappa shape index (κ3) is 3.81. The minimum absolute atomic E-state index is 0.259. The monoisotopic (exact) mass is 324 g/mol. The van der Waals surface area contributed by atoms with Gasteiger partial charge in [0, 0.05) is 33.9 Å². The van der Waals surface area contributed by atoms with Gasteiger partial charge in [0.1, 0.15) is 5.69 Å². The van der Waals surface area contributed by atoms with Gasteiger partial charge in [-0.2, -0.15) is 0 Å². The fraction of sp³-hybridized carbons (Fsp3) is 0.111. The molecule has 0 saturated carbocycles. The molecule has 1 N–H and O–H groups in total. The number of amides is 1. The lowest BCUT2D eigenvalue weighted by Gasteiger charge is -2.07. The molecule has 1 atom stereocenters. The van der Waals surface area contributed by atoms with E-state index in [1.807, 2.05) is 48.5 Å². The van der Waals surface area contributed by atoms with E-state index in [1.165, 1.54) is 0 Å². The van der Waals surface area contributed by atoms with Crippen LogP contribution in [0.25, 0.3) is 10.9 Å². The zero-order valence-electron chi connectivity index (χ0n) is 12.7. The van der Waals surface area contributed by atoms with Crippen molar-refractivity contribution >= 4 is 33.3 Å². The van der Waals surface area contributed by atoms with Crippen molar-refractivity contribution in [1.82, 2.24) is 4.98 Å². The highest BCUT2D eigenvalue weighted by Gasteiger charge is 2.09. The number of anilines is 1. The molecule has 0 fully saturated rings. The molecular weight excluding hydrogens is 308 g/mol. The summed E-state index contributed by atoms with van der Waals surface area (Å²) in [4.78, 5) is 16.7. The van der Waals surface area contributed by atoms with Crippen molar-refractivity contribution in [3.05, 3.63) is 71.9 Å². The van der Waals surface area contributed by atoms with Crippen LogP contribution in [0.3, 0.4) is 0 Å². The van der Waals surface area contributed by atoms with E-state index >= 15 is 0 Å². The smallest absolute Gasteiger partial charge is 0.274 e. The van der Waals surface area contributed by atoms with Gasteiger partial charge in [-0.1, -0.05) is 36.4 Å². The minimum atomic E-state index is -0.914. The lowest BCUT2D eigenvalue weighted by molar-refractivity contribution is 0.102. The summed E-state index contributed by atoms with van der Waals surface area (Å²) in [6, 6.07) is 18.6. The molecule has 23 heavy (non-hydrogen) atoms. The number of nitrogens with zero attached hydrogens (tertiary/aromatic N) is 1. The number of rotatable bonds is 4. The number of para-hydroxylation sites is 1. The first-order valence-electron chi connectivity index (χ1n) is 7.18. The second kappa shape index (κ2) is 6.71. The molecule has 5 heteroatoms. The molecule has 4 nitrogen and oxygen atoms in total. The predicted octanol–water partition coefficient (Wildman–Crippen LogP) is 3.37. The number of hydrogen-bond donors (Lipinski definition) is 1. The number of carbonyl (C=O) groups is 1. The SMILES string of the molecule is CS(=O)Cc1cccc(NC(=O)c2ccc3ccccc3n2)c1. The number of fused-ring (bicyclic) bond motifs is 1. The normalized spacial score (nSPS) is 12.0. The van der Waals surface area contributed by atoms with Gasteiger partial charge in [-0.3, -0.25) is 9.00 Å². The first kappa shape index (κ1) is 15.4. The number of aromatic nitrogens is 1. The molecule has 0 aliphatic heterocycles. The molecule has 3 aromatic rings. The first-order chi connectivity index (χ1) is 11.1. The molecule has 1 unspecified atom stereocenters.